The zero-order valence-corrected chi connectivity index (χ0v) is 13.6. The van der Waals surface area contributed by atoms with Gasteiger partial charge in [0, 0.05) is 36.3 Å². The van der Waals surface area contributed by atoms with Gasteiger partial charge in [0.05, 0.1) is 0 Å². The summed E-state index contributed by atoms with van der Waals surface area (Å²) in [5, 5.41) is 4.06. The number of nitrogen functional groups attached to an aromatic ring is 1. The van der Waals surface area contributed by atoms with Gasteiger partial charge < -0.3 is 5.73 Å². The Kier molecular flexibility index (Phi) is 3.47. The smallest absolute Gasteiger partial charge is 0.242 e. The minimum absolute atomic E-state index is 0.152. The van der Waals surface area contributed by atoms with Crippen LogP contribution in [0.2, 0.25) is 0 Å². The van der Waals surface area contributed by atoms with Crippen LogP contribution in [-0.4, -0.2) is 34.5 Å². The predicted molar refractivity (Wildman–Crippen MR) is 88.5 cm³/mol. The minimum Gasteiger partial charge on any atom is -0.366 e. The minimum atomic E-state index is -3.55. The molecule has 4 rings (SSSR count). The number of sulfonamides is 1. The van der Waals surface area contributed by atoms with Crippen LogP contribution in [0.1, 0.15) is 12.8 Å². The van der Waals surface area contributed by atoms with Crippen molar-refractivity contribution in [2.24, 2.45) is 5.92 Å². The second-order valence-corrected chi connectivity index (χ2v) is 7.66. The first kappa shape index (κ1) is 15.0. The summed E-state index contributed by atoms with van der Waals surface area (Å²) >= 11 is 0. The molecule has 0 aliphatic heterocycles. The lowest BCUT2D eigenvalue weighted by Crippen LogP contribution is -2.26. The van der Waals surface area contributed by atoms with Gasteiger partial charge in [-0.1, -0.05) is 0 Å². The Bertz CT molecular complexity index is 1010. The molecule has 1 fully saturated rings. The number of hydrogen-bond acceptors (Lipinski definition) is 6. The monoisotopic (exact) mass is 344 g/mol. The number of nitrogens with one attached hydrogen (secondary N) is 1. The molecule has 0 saturated heterocycles. The Hall–Kier alpha value is -2.52. The van der Waals surface area contributed by atoms with Crippen molar-refractivity contribution in [2.45, 2.75) is 17.7 Å². The molecule has 1 saturated carbocycles. The summed E-state index contributed by atoms with van der Waals surface area (Å²) in [6.45, 7) is 0.483. The van der Waals surface area contributed by atoms with Gasteiger partial charge in [-0.2, -0.15) is 4.98 Å². The van der Waals surface area contributed by atoms with Crippen molar-refractivity contribution in [3.05, 3.63) is 36.8 Å². The molecular formula is C15H16N6O2S. The van der Waals surface area contributed by atoms with E-state index in [9.17, 15) is 8.42 Å². The maximum Gasteiger partial charge on any atom is 0.242 e. The Morgan fingerprint density at radius 1 is 1.25 bits per heavy atom. The zero-order valence-electron chi connectivity index (χ0n) is 12.8. The van der Waals surface area contributed by atoms with Crippen LogP contribution in [-0.2, 0) is 10.0 Å². The van der Waals surface area contributed by atoms with E-state index in [4.69, 9.17) is 5.73 Å². The summed E-state index contributed by atoms with van der Waals surface area (Å²) in [5.74, 6) is 0.655. The molecule has 24 heavy (non-hydrogen) atoms. The average molecular weight is 344 g/mol. The molecule has 0 aromatic carbocycles. The van der Waals surface area contributed by atoms with Crippen molar-refractivity contribution < 1.29 is 8.42 Å². The molecule has 1 aliphatic rings. The molecule has 124 valence electrons. The summed E-state index contributed by atoms with van der Waals surface area (Å²) in [7, 11) is -3.55. The molecule has 3 aromatic rings. The summed E-state index contributed by atoms with van der Waals surface area (Å²) in [5.41, 5.74) is 7.66. The van der Waals surface area contributed by atoms with Crippen LogP contribution in [0.4, 0.5) is 5.95 Å². The van der Waals surface area contributed by atoms with Gasteiger partial charge in [-0.25, -0.2) is 17.7 Å². The molecule has 3 N–H and O–H groups in total. The van der Waals surface area contributed by atoms with E-state index < -0.39 is 10.0 Å². The van der Waals surface area contributed by atoms with Crippen molar-refractivity contribution in [3.8, 4) is 11.1 Å². The fraction of sp³-hybridized carbons (Fsp3) is 0.267. The van der Waals surface area contributed by atoms with Gasteiger partial charge in [0.2, 0.25) is 16.0 Å². The predicted octanol–water partition coefficient (Wildman–Crippen LogP) is 1.06. The lowest BCUT2D eigenvalue weighted by atomic mass is 10.1. The summed E-state index contributed by atoms with van der Waals surface area (Å²) in [4.78, 5) is 8.28. The van der Waals surface area contributed by atoms with Crippen LogP contribution in [0, 0.1) is 5.92 Å². The molecule has 3 aromatic heterocycles. The fourth-order valence-corrected chi connectivity index (χ4v) is 3.53. The first-order valence-electron chi connectivity index (χ1n) is 7.58. The second-order valence-electron chi connectivity index (χ2n) is 5.90. The maximum atomic E-state index is 12.4. The maximum absolute atomic E-state index is 12.4. The normalized spacial score (nSPS) is 15.0. The Morgan fingerprint density at radius 3 is 2.88 bits per heavy atom. The molecule has 0 bridgehead atoms. The van der Waals surface area contributed by atoms with Gasteiger partial charge in [0.15, 0.2) is 5.65 Å². The van der Waals surface area contributed by atoms with Gasteiger partial charge in [-0.15, -0.1) is 5.10 Å². The Morgan fingerprint density at radius 2 is 2.08 bits per heavy atom. The number of hydrogen-bond donors (Lipinski definition) is 2. The van der Waals surface area contributed by atoms with Gasteiger partial charge in [0.1, 0.15) is 4.90 Å². The summed E-state index contributed by atoms with van der Waals surface area (Å²) < 4.78 is 28.9. The van der Waals surface area contributed by atoms with Crippen molar-refractivity contribution in [1.29, 1.82) is 0 Å². The SMILES string of the molecule is Nc1nc2ccc(-c3cncc(S(=O)(=O)NCC4CC4)c3)cn2n1. The van der Waals surface area contributed by atoms with Crippen molar-refractivity contribution in [1.82, 2.24) is 24.3 Å². The van der Waals surface area contributed by atoms with Crippen LogP contribution < -0.4 is 10.5 Å². The van der Waals surface area contributed by atoms with Crippen molar-refractivity contribution in [3.63, 3.8) is 0 Å². The molecule has 9 heteroatoms. The third-order valence-corrected chi connectivity index (χ3v) is 5.35. The van der Waals surface area contributed by atoms with E-state index in [1.807, 2.05) is 6.07 Å². The van der Waals surface area contributed by atoms with Gasteiger partial charge in [-0.3, -0.25) is 4.98 Å². The summed E-state index contributed by atoms with van der Waals surface area (Å²) in [6.07, 6.45) is 6.87. The van der Waals surface area contributed by atoms with Crippen molar-refractivity contribution in [2.75, 3.05) is 12.3 Å². The molecule has 0 radical (unpaired) electrons. The number of nitrogens with two attached hydrogens (primary N) is 1. The van der Waals surface area contributed by atoms with Gasteiger partial charge >= 0.3 is 0 Å². The molecule has 8 nitrogen and oxygen atoms in total. The molecule has 0 amide bonds. The molecule has 0 atom stereocenters. The van der Waals surface area contributed by atoms with E-state index in [0.717, 1.165) is 18.4 Å². The summed E-state index contributed by atoms with van der Waals surface area (Å²) in [6, 6.07) is 5.20. The van der Waals surface area contributed by atoms with E-state index in [2.05, 4.69) is 19.8 Å². The molecule has 3 heterocycles. The third-order valence-electron chi connectivity index (χ3n) is 3.96. The zero-order chi connectivity index (χ0) is 16.7. The van der Waals surface area contributed by atoms with Crippen LogP contribution in [0.25, 0.3) is 16.8 Å². The number of pyridine rings is 2. The Balaban J connectivity index is 1.67. The molecule has 0 unspecified atom stereocenters. The van der Waals surface area contributed by atoms with Gasteiger partial charge in [0.25, 0.3) is 0 Å². The standard InChI is InChI=1S/C15H16N6O2S/c16-15-19-14-4-3-11(9-21(14)20-15)12-5-13(8-17-7-12)24(22,23)18-6-10-1-2-10/h3-5,7-10,18H,1-2,6H2,(H2,16,20). The Labute approximate surface area is 138 Å². The fourth-order valence-electron chi connectivity index (χ4n) is 2.43. The number of fused-ring (bicyclic) bond motifs is 1. The number of anilines is 1. The third kappa shape index (κ3) is 2.95. The number of rotatable bonds is 5. The van der Waals surface area contributed by atoms with Crippen LogP contribution in [0.5, 0.6) is 0 Å². The number of nitrogens with zero attached hydrogens (tertiary/aromatic N) is 4. The quantitative estimate of drug-likeness (QED) is 0.715. The number of aromatic nitrogens is 4. The van der Waals surface area contributed by atoms with Crippen molar-refractivity contribution >= 4 is 21.6 Å². The highest BCUT2D eigenvalue weighted by Crippen LogP contribution is 2.28. The first-order chi connectivity index (χ1) is 11.5. The molecule has 0 spiro atoms. The highest BCUT2D eigenvalue weighted by molar-refractivity contribution is 7.89. The first-order valence-corrected chi connectivity index (χ1v) is 9.06. The lowest BCUT2D eigenvalue weighted by Gasteiger charge is -2.08. The highest BCUT2D eigenvalue weighted by atomic mass is 32.2. The van der Waals surface area contributed by atoms with E-state index in [1.54, 1.807) is 29.0 Å². The van der Waals surface area contributed by atoms with Crippen LogP contribution in [0.15, 0.2) is 41.7 Å². The molecule has 1 aliphatic carbocycles. The van der Waals surface area contributed by atoms with E-state index >= 15 is 0 Å². The molecular weight excluding hydrogens is 328 g/mol. The van der Waals surface area contributed by atoms with Gasteiger partial charge in [-0.05, 0) is 37.0 Å². The van der Waals surface area contributed by atoms with Crippen LogP contribution in [0.3, 0.4) is 0 Å². The van der Waals surface area contributed by atoms with E-state index in [-0.39, 0.29) is 10.8 Å². The lowest BCUT2D eigenvalue weighted by molar-refractivity contribution is 0.577. The average Bonchev–Trinajstić information content (AvgIpc) is 3.32. The highest BCUT2D eigenvalue weighted by Gasteiger charge is 2.24. The van der Waals surface area contributed by atoms with E-state index in [1.165, 1.54) is 6.20 Å². The van der Waals surface area contributed by atoms with E-state index in [0.29, 0.717) is 23.7 Å². The van der Waals surface area contributed by atoms with Crippen LogP contribution >= 0.6 is 0 Å². The topological polar surface area (TPSA) is 115 Å². The second kappa shape index (κ2) is 5.53. The largest absolute Gasteiger partial charge is 0.366 e.